The number of halogens is 2. The van der Waals surface area contributed by atoms with Gasteiger partial charge in [0.1, 0.15) is 5.82 Å². The number of hydrogen-bond acceptors (Lipinski definition) is 2. The minimum absolute atomic E-state index is 0.114. The Morgan fingerprint density at radius 1 is 1.12 bits per heavy atom. The van der Waals surface area contributed by atoms with E-state index < -0.39 is 0 Å². The van der Waals surface area contributed by atoms with Crippen molar-refractivity contribution in [3.05, 3.63) is 58.9 Å². The van der Waals surface area contributed by atoms with Gasteiger partial charge < -0.3 is 5.11 Å². The molecule has 0 aliphatic heterocycles. The lowest BCUT2D eigenvalue weighted by atomic mass is 10.2. The Bertz CT molecular complexity index is 531. The molecule has 0 radical (unpaired) electrons. The molecule has 1 nitrogen and oxygen atoms in total. The molecule has 0 aromatic heterocycles. The molecule has 0 amide bonds. The van der Waals surface area contributed by atoms with E-state index in [-0.39, 0.29) is 12.4 Å². The third-order valence-electron chi connectivity index (χ3n) is 2.25. The Balaban J connectivity index is 2.33. The molecule has 0 aliphatic carbocycles. The summed E-state index contributed by atoms with van der Waals surface area (Å²) in [6.07, 6.45) is 0. The van der Waals surface area contributed by atoms with E-state index in [1.807, 2.05) is 0 Å². The largest absolute Gasteiger partial charge is 0.392 e. The zero-order valence-corrected chi connectivity index (χ0v) is 10.4. The van der Waals surface area contributed by atoms with E-state index in [4.69, 9.17) is 11.6 Å². The smallest absolute Gasteiger partial charge is 0.137 e. The maximum absolute atomic E-state index is 13.5. The summed E-state index contributed by atoms with van der Waals surface area (Å²) >= 11 is 7.12. The zero-order chi connectivity index (χ0) is 12.3. The number of hydrogen-bond donors (Lipinski definition) is 1. The lowest BCUT2D eigenvalue weighted by Gasteiger charge is -2.08. The molecule has 88 valence electrons. The summed E-state index contributed by atoms with van der Waals surface area (Å²) in [7, 11) is 0. The van der Waals surface area contributed by atoms with Crippen LogP contribution in [-0.2, 0) is 6.61 Å². The molecule has 0 saturated heterocycles. The third-order valence-corrected chi connectivity index (χ3v) is 3.65. The van der Waals surface area contributed by atoms with Crippen molar-refractivity contribution < 1.29 is 9.50 Å². The van der Waals surface area contributed by atoms with Gasteiger partial charge in [0.15, 0.2) is 0 Å². The summed E-state index contributed by atoms with van der Waals surface area (Å²) in [5.74, 6) is -0.267. The average Bonchev–Trinajstić information content (AvgIpc) is 2.34. The molecule has 0 saturated carbocycles. The Hall–Kier alpha value is -1.03. The number of benzene rings is 2. The van der Waals surface area contributed by atoms with Crippen LogP contribution in [0.1, 0.15) is 5.56 Å². The quantitative estimate of drug-likeness (QED) is 0.903. The summed E-state index contributed by atoms with van der Waals surface area (Å²) in [5.41, 5.74) is 0.700. The highest BCUT2D eigenvalue weighted by Gasteiger charge is 2.07. The molecule has 17 heavy (non-hydrogen) atoms. The zero-order valence-electron chi connectivity index (χ0n) is 8.86. The van der Waals surface area contributed by atoms with Gasteiger partial charge in [-0.1, -0.05) is 35.5 Å². The lowest BCUT2D eigenvalue weighted by molar-refractivity contribution is 0.279. The van der Waals surface area contributed by atoms with Crippen molar-refractivity contribution in [1.82, 2.24) is 0 Å². The van der Waals surface area contributed by atoms with Gasteiger partial charge in [0, 0.05) is 14.8 Å². The highest BCUT2D eigenvalue weighted by Crippen LogP contribution is 2.33. The molecule has 0 unspecified atom stereocenters. The first-order valence-electron chi connectivity index (χ1n) is 5.02. The van der Waals surface area contributed by atoms with E-state index >= 15 is 0 Å². The van der Waals surface area contributed by atoms with Crippen LogP contribution in [0.5, 0.6) is 0 Å². The summed E-state index contributed by atoms with van der Waals surface area (Å²) < 4.78 is 13.5. The monoisotopic (exact) mass is 268 g/mol. The second-order valence-electron chi connectivity index (χ2n) is 3.44. The SMILES string of the molecule is OCc1cc(Cl)ccc1Sc1ccccc1F. The van der Waals surface area contributed by atoms with Gasteiger partial charge in [-0.15, -0.1) is 0 Å². The number of aliphatic hydroxyl groups excluding tert-OH is 1. The van der Waals surface area contributed by atoms with E-state index in [9.17, 15) is 9.50 Å². The van der Waals surface area contributed by atoms with E-state index in [0.717, 1.165) is 4.90 Å². The van der Waals surface area contributed by atoms with Crippen LogP contribution in [0.4, 0.5) is 4.39 Å². The highest BCUT2D eigenvalue weighted by atomic mass is 35.5. The van der Waals surface area contributed by atoms with Gasteiger partial charge in [0.2, 0.25) is 0 Å². The topological polar surface area (TPSA) is 20.2 Å². The maximum atomic E-state index is 13.5. The molecule has 0 spiro atoms. The normalized spacial score (nSPS) is 10.5. The molecule has 4 heteroatoms. The van der Waals surface area contributed by atoms with Gasteiger partial charge in [-0.2, -0.15) is 0 Å². The van der Waals surface area contributed by atoms with Crippen LogP contribution < -0.4 is 0 Å². The molecule has 0 aliphatic rings. The van der Waals surface area contributed by atoms with Crippen LogP contribution in [0, 0.1) is 5.82 Å². The molecule has 0 heterocycles. The molecule has 1 N–H and O–H groups in total. The fraction of sp³-hybridized carbons (Fsp3) is 0.0769. The minimum atomic E-state index is -0.267. The van der Waals surface area contributed by atoms with Crippen molar-refractivity contribution in [2.24, 2.45) is 0 Å². The van der Waals surface area contributed by atoms with Crippen LogP contribution in [0.3, 0.4) is 0 Å². The van der Waals surface area contributed by atoms with Crippen LogP contribution in [0.2, 0.25) is 5.02 Å². The van der Waals surface area contributed by atoms with Crippen molar-refractivity contribution in [2.45, 2.75) is 16.4 Å². The Kier molecular flexibility index (Phi) is 4.05. The first kappa shape index (κ1) is 12.4. The standard InChI is InChI=1S/C13H10ClFOS/c14-10-5-6-12(9(7-10)8-16)17-13-4-2-1-3-11(13)15/h1-7,16H,8H2. The van der Waals surface area contributed by atoms with Crippen molar-refractivity contribution in [1.29, 1.82) is 0 Å². The van der Waals surface area contributed by atoms with E-state index in [2.05, 4.69) is 0 Å². The molecule has 2 aromatic carbocycles. The number of rotatable bonds is 3. The van der Waals surface area contributed by atoms with Crippen LogP contribution in [-0.4, -0.2) is 5.11 Å². The molecule has 2 aromatic rings. The lowest BCUT2D eigenvalue weighted by Crippen LogP contribution is -1.88. The van der Waals surface area contributed by atoms with Crippen LogP contribution in [0.15, 0.2) is 52.3 Å². The minimum Gasteiger partial charge on any atom is -0.392 e. The van der Waals surface area contributed by atoms with Gasteiger partial charge in [-0.05, 0) is 35.9 Å². The molecular formula is C13H10ClFOS. The van der Waals surface area contributed by atoms with Gasteiger partial charge in [-0.25, -0.2) is 4.39 Å². The second kappa shape index (κ2) is 5.54. The van der Waals surface area contributed by atoms with E-state index in [1.165, 1.54) is 17.8 Å². The molecule has 0 atom stereocenters. The van der Waals surface area contributed by atoms with Crippen LogP contribution in [0.25, 0.3) is 0 Å². The first-order valence-corrected chi connectivity index (χ1v) is 6.22. The summed E-state index contributed by atoms with van der Waals surface area (Å²) in [5, 5.41) is 9.79. The van der Waals surface area contributed by atoms with Crippen molar-refractivity contribution in [2.75, 3.05) is 0 Å². The predicted octanol–water partition coefficient (Wildman–Crippen LogP) is 4.12. The molecule has 0 bridgehead atoms. The van der Waals surface area contributed by atoms with Crippen molar-refractivity contribution >= 4 is 23.4 Å². The van der Waals surface area contributed by atoms with Gasteiger partial charge in [0.25, 0.3) is 0 Å². The average molecular weight is 269 g/mol. The second-order valence-corrected chi connectivity index (χ2v) is 4.96. The van der Waals surface area contributed by atoms with Gasteiger partial charge >= 0.3 is 0 Å². The highest BCUT2D eigenvalue weighted by molar-refractivity contribution is 7.99. The molecular weight excluding hydrogens is 259 g/mol. The van der Waals surface area contributed by atoms with E-state index in [1.54, 1.807) is 36.4 Å². The maximum Gasteiger partial charge on any atom is 0.137 e. The van der Waals surface area contributed by atoms with Crippen molar-refractivity contribution in [3.63, 3.8) is 0 Å². The first-order chi connectivity index (χ1) is 8.20. The Morgan fingerprint density at radius 3 is 2.59 bits per heavy atom. The Morgan fingerprint density at radius 2 is 1.88 bits per heavy atom. The van der Waals surface area contributed by atoms with Crippen LogP contribution >= 0.6 is 23.4 Å². The predicted molar refractivity (Wildman–Crippen MR) is 67.9 cm³/mol. The molecule has 2 rings (SSSR count). The van der Waals surface area contributed by atoms with E-state index in [0.29, 0.717) is 15.5 Å². The van der Waals surface area contributed by atoms with Crippen molar-refractivity contribution in [3.8, 4) is 0 Å². The fourth-order valence-corrected chi connectivity index (χ4v) is 2.55. The van der Waals surface area contributed by atoms with Gasteiger partial charge in [-0.3, -0.25) is 0 Å². The Labute approximate surface area is 108 Å². The fourth-order valence-electron chi connectivity index (χ4n) is 1.42. The molecule has 0 fully saturated rings. The summed E-state index contributed by atoms with van der Waals surface area (Å²) in [6, 6.07) is 11.7. The number of aliphatic hydroxyl groups is 1. The summed E-state index contributed by atoms with van der Waals surface area (Å²) in [6.45, 7) is -0.114. The van der Waals surface area contributed by atoms with Gasteiger partial charge in [0.05, 0.1) is 6.61 Å². The third kappa shape index (κ3) is 3.00. The summed E-state index contributed by atoms with van der Waals surface area (Å²) in [4.78, 5) is 1.34.